The number of esters is 1. The maximum Gasteiger partial charge on any atom is 0.316 e. The average molecular weight is 425 g/mol. The maximum absolute atomic E-state index is 12.3. The Bertz CT molecular complexity index is 834. The second kappa shape index (κ2) is 10.7. The number of rotatable bonds is 11. The first-order valence-electron chi connectivity index (χ1n) is 11.0. The SMILES string of the molecule is C=C/C=C(\C=C/C(=C)OC(=O)C(C)(C)CC)C(C)(C)c1ccc(OC(C)(C)CC)cc1. The van der Waals surface area contributed by atoms with Gasteiger partial charge in [0, 0.05) is 5.41 Å². The number of hydrogen-bond acceptors (Lipinski definition) is 3. The van der Waals surface area contributed by atoms with Crippen LogP contribution in [0.4, 0.5) is 0 Å². The van der Waals surface area contributed by atoms with Crippen LogP contribution in [0, 0.1) is 5.41 Å². The molecule has 3 nitrogen and oxygen atoms in total. The van der Waals surface area contributed by atoms with Gasteiger partial charge in [-0.25, -0.2) is 0 Å². The zero-order valence-electron chi connectivity index (χ0n) is 20.7. The molecule has 0 atom stereocenters. The van der Waals surface area contributed by atoms with Gasteiger partial charge in [-0.05, 0) is 69.9 Å². The van der Waals surface area contributed by atoms with Crippen LogP contribution in [0.2, 0.25) is 0 Å². The highest BCUT2D eigenvalue weighted by molar-refractivity contribution is 5.77. The van der Waals surface area contributed by atoms with Gasteiger partial charge in [0.15, 0.2) is 0 Å². The lowest BCUT2D eigenvalue weighted by atomic mass is 9.77. The minimum Gasteiger partial charge on any atom is -0.488 e. The summed E-state index contributed by atoms with van der Waals surface area (Å²) >= 11 is 0. The van der Waals surface area contributed by atoms with Gasteiger partial charge in [-0.3, -0.25) is 4.79 Å². The molecule has 0 heterocycles. The van der Waals surface area contributed by atoms with Crippen LogP contribution in [0.5, 0.6) is 5.75 Å². The van der Waals surface area contributed by atoms with Gasteiger partial charge < -0.3 is 9.47 Å². The van der Waals surface area contributed by atoms with Crippen molar-refractivity contribution in [1.29, 1.82) is 0 Å². The predicted octanol–water partition coefficient (Wildman–Crippen LogP) is 7.69. The standard InChI is InChI=1S/C28H40O3/c1-11-14-22(16-15-21(4)30-25(29)26(5,6)12-2)28(9,10)23-17-19-24(20-18-23)31-27(7,8)13-3/h11,14-20H,1,4,12-13H2,2-3,5-10H3/b16-15-,22-14+. The third kappa shape index (κ3) is 7.57. The summed E-state index contributed by atoms with van der Waals surface area (Å²) < 4.78 is 11.5. The van der Waals surface area contributed by atoms with Gasteiger partial charge in [0.1, 0.15) is 17.1 Å². The molecule has 0 bridgehead atoms. The molecule has 0 aliphatic heterocycles. The molecule has 0 unspecified atom stereocenters. The summed E-state index contributed by atoms with van der Waals surface area (Å²) in [4.78, 5) is 12.3. The third-order valence-electron chi connectivity index (χ3n) is 5.95. The lowest BCUT2D eigenvalue weighted by Gasteiger charge is -2.29. The molecule has 0 aromatic heterocycles. The van der Waals surface area contributed by atoms with Gasteiger partial charge in [-0.2, -0.15) is 0 Å². The summed E-state index contributed by atoms with van der Waals surface area (Å²) in [6.07, 6.45) is 9.03. The predicted molar refractivity (Wildman–Crippen MR) is 131 cm³/mol. The molecule has 0 saturated carbocycles. The van der Waals surface area contributed by atoms with Crippen molar-refractivity contribution in [1.82, 2.24) is 0 Å². The van der Waals surface area contributed by atoms with Crippen LogP contribution in [-0.2, 0) is 14.9 Å². The molecule has 0 spiro atoms. The summed E-state index contributed by atoms with van der Waals surface area (Å²) in [6, 6.07) is 8.20. The van der Waals surface area contributed by atoms with Crippen molar-refractivity contribution in [2.45, 2.75) is 79.2 Å². The number of allylic oxidation sites excluding steroid dienone is 5. The highest BCUT2D eigenvalue weighted by Gasteiger charge is 2.28. The number of carbonyl (C=O) groups is 1. The Morgan fingerprint density at radius 1 is 0.968 bits per heavy atom. The van der Waals surface area contributed by atoms with E-state index in [2.05, 4.69) is 59.9 Å². The maximum atomic E-state index is 12.3. The van der Waals surface area contributed by atoms with Crippen molar-refractivity contribution in [2.24, 2.45) is 5.41 Å². The Labute approximate surface area is 189 Å². The molecule has 3 heteroatoms. The van der Waals surface area contributed by atoms with E-state index in [1.807, 2.05) is 45.1 Å². The van der Waals surface area contributed by atoms with Gasteiger partial charge >= 0.3 is 5.97 Å². The molecule has 1 aromatic carbocycles. The van der Waals surface area contributed by atoms with Crippen LogP contribution in [0.1, 0.15) is 73.8 Å². The Hall–Kier alpha value is -2.55. The van der Waals surface area contributed by atoms with Gasteiger partial charge in [0.05, 0.1) is 5.41 Å². The first-order valence-corrected chi connectivity index (χ1v) is 11.0. The average Bonchev–Trinajstić information content (AvgIpc) is 2.71. The Balaban J connectivity index is 3.04. The summed E-state index contributed by atoms with van der Waals surface area (Å²) in [5.41, 5.74) is 1.14. The largest absolute Gasteiger partial charge is 0.488 e. The van der Waals surface area contributed by atoms with E-state index in [1.165, 1.54) is 0 Å². The van der Waals surface area contributed by atoms with Crippen LogP contribution in [-0.4, -0.2) is 11.6 Å². The van der Waals surface area contributed by atoms with E-state index in [1.54, 1.807) is 12.2 Å². The molecule has 0 fully saturated rings. The van der Waals surface area contributed by atoms with E-state index < -0.39 is 5.41 Å². The van der Waals surface area contributed by atoms with Crippen molar-refractivity contribution in [3.8, 4) is 5.75 Å². The van der Waals surface area contributed by atoms with Crippen LogP contribution >= 0.6 is 0 Å². The Kier molecular flexibility index (Phi) is 9.10. The lowest BCUT2D eigenvalue weighted by molar-refractivity contribution is -0.149. The summed E-state index contributed by atoms with van der Waals surface area (Å²) in [7, 11) is 0. The second-order valence-corrected chi connectivity index (χ2v) is 9.65. The van der Waals surface area contributed by atoms with Gasteiger partial charge in [0.2, 0.25) is 0 Å². The van der Waals surface area contributed by atoms with E-state index in [0.717, 1.165) is 23.3 Å². The van der Waals surface area contributed by atoms with Crippen molar-refractivity contribution < 1.29 is 14.3 Å². The minimum atomic E-state index is -0.536. The first kappa shape index (κ1) is 26.5. The van der Waals surface area contributed by atoms with E-state index in [4.69, 9.17) is 9.47 Å². The second-order valence-electron chi connectivity index (χ2n) is 9.65. The van der Waals surface area contributed by atoms with Crippen molar-refractivity contribution in [3.63, 3.8) is 0 Å². The fraction of sp³-hybridized carbons (Fsp3) is 0.464. The molecular weight excluding hydrogens is 384 g/mol. The monoisotopic (exact) mass is 424 g/mol. The molecule has 1 rings (SSSR count). The molecular formula is C28H40O3. The summed E-state index contributed by atoms with van der Waals surface area (Å²) in [6.45, 7) is 24.0. The number of ether oxygens (including phenoxy) is 2. The molecule has 0 N–H and O–H groups in total. The Morgan fingerprint density at radius 2 is 1.55 bits per heavy atom. The van der Waals surface area contributed by atoms with Gasteiger partial charge in [-0.15, -0.1) is 0 Å². The van der Waals surface area contributed by atoms with Gasteiger partial charge in [0.25, 0.3) is 0 Å². The normalized spacial score (nSPS) is 13.2. The quantitative estimate of drug-likeness (QED) is 0.207. The lowest BCUT2D eigenvalue weighted by Crippen LogP contribution is -2.27. The van der Waals surface area contributed by atoms with Crippen LogP contribution in [0.25, 0.3) is 0 Å². The van der Waals surface area contributed by atoms with Crippen molar-refractivity contribution >= 4 is 5.97 Å². The highest BCUT2D eigenvalue weighted by Crippen LogP contribution is 2.34. The fourth-order valence-corrected chi connectivity index (χ4v) is 2.72. The molecule has 0 saturated heterocycles. The summed E-state index contributed by atoms with van der Waals surface area (Å²) in [5, 5.41) is 0. The first-order chi connectivity index (χ1) is 14.3. The molecule has 1 aromatic rings. The molecule has 0 amide bonds. The van der Waals surface area contributed by atoms with E-state index >= 15 is 0 Å². The molecule has 0 aliphatic rings. The van der Waals surface area contributed by atoms with Gasteiger partial charge in [-0.1, -0.05) is 71.2 Å². The van der Waals surface area contributed by atoms with Crippen LogP contribution in [0.15, 0.2) is 73.1 Å². The molecule has 170 valence electrons. The number of carbonyl (C=O) groups excluding carboxylic acids is 1. The van der Waals surface area contributed by atoms with Crippen LogP contribution in [0.3, 0.4) is 0 Å². The van der Waals surface area contributed by atoms with Crippen LogP contribution < -0.4 is 4.74 Å². The van der Waals surface area contributed by atoms with E-state index in [9.17, 15) is 4.79 Å². The Morgan fingerprint density at radius 3 is 2.03 bits per heavy atom. The fourth-order valence-electron chi connectivity index (χ4n) is 2.72. The zero-order valence-corrected chi connectivity index (χ0v) is 20.7. The minimum absolute atomic E-state index is 0.197. The highest BCUT2D eigenvalue weighted by atomic mass is 16.5. The molecule has 0 aliphatic carbocycles. The van der Waals surface area contributed by atoms with Crippen molar-refractivity contribution in [2.75, 3.05) is 0 Å². The topological polar surface area (TPSA) is 35.5 Å². The molecule has 31 heavy (non-hydrogen) atoms. The van der Waals surface area contributed by atoms with E-state index in [-0.39, 0.29) is 17.0 Å². The zero-order chi connectivity index (χ0) is 23.9. The molecule has 0 radical (unpaired) electrons. The third-order valence-corrected chi connectivity index (χ3v) is 5.95. The van der Waals surface area contributed by atoms with Crippen molar-refractivity contribution in [3.05, 3.63) is 78.6 Å². The number of hydrogen-bond donors (Lipinski definition) is 0. The van der Waals surface area contributed by atoms with E-state index in [0.29, 0.717) is 12.2 Å². The number of benzene rings is 1. The summed E-state index contributed by atoms with van der Waals surface area (Å²) in [5.74, 6) is 0.904. The smallest absolute Gasteiger partial charge is 0.316 e.